The molecule has 0 saturated heterocycles. The fraction of sp³-hybridized carbons (Fsp3) is 0.700. The van der Waals surface area contributed by atoms with Gasteiger partial charge in [0, 0.05) is 0 Å². The molecule has 0 aromatic heterocycles. The first kappa shape index (κ1) is 24.3. The van der Waals surface area contributed by atoms with E-state index in [0.717, 1.165) is 25.7 Å². The lowest BCUT2D eigenvalue weighted by Gasteiger charge is -2.28. The van der Waals surface area contributed by atoms with E-state index in [0.29, 0.717) is 17.4 Å². The molecule has 0 aliphatic carbocycles. The summed E-state index contributed by atoms with van der Waals surface area (Å²) in [5.41, 5.74) is 0. The number of carboxylic acids is 1. The van der Waals surface area contributed by atoms with Gasteiger partial charge in [0.25, 0.3) is 0 Å². The number of hydrogen-bond acceptors (Lipinski definition) is 4. The van der Waals surface area contributed by atoms with Crippen LogP contribution in [0.5, 0.6) is 0 Å². The van der Waals surface area contributed by atoms with Gasteiger partial charge in [0.05, 0.1) is 40.1 Å². The summed E-state index contributed by atoms with van der Waals surface area (Å²) in [6.07, 6.45) is 10.8. The summed E-state index contributed by atoms with van der Waals surface area (Å²) < 4.78 is 5.75. The minimum atomic E-state index is -1.01. The third-order valence-corrected chi connectivity index (χ3v) is 3.55. The molecule has 0 aromatic rings. The van der Waals surface area contributed by atoms with Gasteiger partial charge in [-0.25, -0.2) is 0 Å². The molecular weight excluding hydrogens is 334 g/mol. The zero-order chi connectivity index (χ0) is 20.0. The number of ether oxygens (including phenoxy) is 1. The third-order valence-electron chi connectivity index (χ3n) is 3.55. The number of unbranched alkanes of at least 4 members (excludes halogenated alkanes) is 2. The highest BCUT2D eigenvalue weighted by Gasteiger charge is 2.25. The Balaban J connectivity index is 4.19. The summed E-state index contributed by atoms with van der Waals surface area (Å²) in [5, 5.41) is 18.9. The van der Waals surface area contributed by atoms with E-state index in [4.69, 9.17) is 9.84 Å². The van der Waals surface area contributed by atoms with Crippen molar-refractivity contribution >= 4 is 11.9 Å². The smallest absolute Gasteiger partial charge is 0.308 e. The Bertz CT molecular complexity index is 465. The number of esters is 1. The molecule has 2 atom stereocenters. The molecule has 0 amide bonds. The Kier molecular flexibility index (Phi) is 12.7. The number of aliphatic hydroxyl groups is 1. The fourth-order valence-electron chi connectivity index (χ4n) is 2.42. The molecular formula is C20H36NO5+. The van der Waals surface area contributed by atoms with Crippen LogP contribution in [0.4, 0.5) is 0 Å². The van der Waals surface area contributed by atoms with Crippen LogP contribution >= 0.6 is 0 Å². The zero-order valence-electron chi connectivity index (χ0n) is 16.7. The highest BCUT2D eigenvalue weighted by Crippen LogP contribution is 2.09. The molecule has 6 nitrogen and oxygen atoms in total. The number of nitrogens with zero attached hydrogens (tertiary/aromatic N) is 1. The first-order valence-electron chi connectivity index (χ1n) is 9.33. The van der Waals surface area contributed by atoms with Gasteiger partial charge in [0.2, 0.25) is 0 Å². The Morgan fingerprint density at radius 1 is 1.00 bits per heavy atom. The lowest BCUT2D eigenvalue weighted by atomic mass is 10.1. The molecule has 0 bridgehead atoms. The number of allylic oxidation sites excluding steroid dienone is 3. The normalized spacial score (nSPS) is 14.7. The van der Waals surface area contributed by atoms with Gasteiger partial charge in [0.15, 0.2) is 6.10 Å². The standard InChI is InChI=1S/C20H35NO5/c1-5-6-7-8-9-10-11-12-13-17(22)14-20(25)26-18(15-19(23)24)16-21(2,3)4/h7-8,11-12,17-18,22H,5-6,9-10,13-16H2,1-4H3/p+1/b8-7+,12-11+. The summed E-state index contributed by atoms with van der Waals surface area (Å²) in [7, 11) is 5.71. The molecule has 0 spiro atoms. The van der Waals surface area contributed by atoms with E-state index in [1.165, 1.54) is 0 Å². The molecule has 150 valence electrons. The molecule has 0 fully saturated rings. The van der Waals surface area contributed by atoms with Crippen molar-refractivity contribution in [1.82, 2.24) is 0 Å². The fourth-order valence-corrected chi connectivity index (χ4v) is 2.42. The highest BCUT2D eigenvalue weighted by atomic mass is 16.5. The average molecular weight is 371 g/mol. The average Bonchev–Trinajstić information content (AvgIpc) is 2.47. The largest absolute Gasteiger partial charge is 0.481 e. The molecule has 0 aliphatic heterocycles. The minimum Gasteiger partial charge on any atom is -0.481 e. The second kappa shape index (κ2) is 13.5. The number of hydrogen-bond donors (Lipinski definition) is 2. The molecule has 26 heavy (non-hydrogen) atoms. The molecule has 0 aromatic carbocycles. The van der Waals surface area contributed by atoms with Crippen molar-refractivity contribution < 1.29 is 29.0 Å². The van der Waals surface area contributed by atoms with Crippen LogP contribution in [0, 0.1) is 0 Å². The first-order valence-corrected chi connectivity index (χ1v) is 9.33. The molecule has 0 radical (unpaired) electrons. The summed E-state index contributed by atoms with van der Waals surface area (Å²) >= 11 is 0. The van der Waals surface area contributed by atoms with Crippen LogP contribution in [-0.2, 0) is 14.3 Å². The first-order chi connectivity index (χ1) is 12.1. The number of likely N-dealkylation sites (N-methyl/N-ethyl adjacent to an activating group) is 1. The van der Waals surface area contributed by atoms with Gasteiger partial charge in [-0.05, 0) is 25.7 Å². The van der Waals surface area contributed by atoms with Crippen LogP contribution in [0.15, 0.2) is 24.3 Å². The lowest BCUT2D eigenvalue weighted by Crippen LogP contribution is -2.44. The molecule has 0 heterocycles. The van der Waals surface area contributed by atoms with E-state index in [9.17, 15) is 14.7 Å². The molecule has 0 rings (SSSR count). The van der Waals surface area contributed by atoms with Gasteiger partial charge in [0.1, 0.15) is 6.54 Å². The monoisotopic (exact) mass is 370 g/mol. The number of rotatable bonds is 14. The number of aliphatic hydroxyl groups excluding tert-OH is 1. The number of carbonyl (C=O) groups excluding carboxylic acids is 1. The second-order valence-electron chi connectivity index (χ2n) is 7.59. The van der Waals surface area contributed by atoms with E-state index >= 15 is 0 Å². The predicted molar refractivity (Wildman–Crippen MR) is 103 cm³/mol. The van der Waals surface area contributed by atoms with Crippen LogP contribution in [0.1, 0.15) is 51.9 Å². The Hall–Kier alpha value is -1.66. The summed E-state index contributed by atoms with van der Waals surface area (Å²) in [6, 6.07) is 0. The van der Waals surface area contributed by atoms with Gasteiger partial charge >= 0.3 is 11.9 Å². The second-order valence-corrected chi connectivity index (χ2v) is 7.59. The molecule has 0 aliphatic rings. The van der Waals surface area contributed by atoms with Crippen molar-refractivity contribution in [1.29, 1.82) is 0 Å². The van der Waals surface area contributed by atoms with Gasteiger partial charge in [-0.3, -0.25) is 9.59 Å². The van der Waals surface area contributed by atoms with Crippen LogP contribution in [0.3, 0.4) is 0 Å². The maximum atomic E-state index is 12.0. The van der Waals surface area contributed by atoms with Crippen LogP contribution in [0.25, 0.3) is 0 Å². The Labute approximate surface area is 157 Å². The van der Waals surface area contributed by atoms with Crippen molar-refractivity contribution in [3.8, 4) is 0 Å². The Morgan fingerprint density at radius 2 is 1.58 bits per heavy atom. The predicted octanol–water partition coefficient (Wildman–Crippen LogP) is 2.91. The minimum absolute atomic E-state index is 0.131. The number of carbonyl (C=O) groups is 2. The number of carboxylic acid groups (broad SMARTS) is 1. The van der Waals surface area contributed by atoms with Crippen molar-refractivity contribution in [2.24, 2.45) is 0 Å². The van der Waals surface area contributed by atoms with Crippen LogP contribution < -0.4 is 0 Å². The summed E-state index contributed by atoms with van der Waals surface area (Å²) in [6.45, 7) is 2.54. The number of quaternary nitrogens is 1. The van der Waals surface area contributed by atoms with E-state index < -0.39 is 24.1 Å². The van der Waals surface area contributed by atoms with Gasteiger partial charge in [-0.15, -0.1) is 0 Å². The van der Waals surface area contributed by atoms with Crippen LogP contribution in [0.2, 0.25) is 0 Å². The van der Waals surface area contributed by atoms with Gasteiger partial charge < -0.3 is 19.4 Å². The summed E-state index contributed by atoms with van der Waals surface area (Å²) in [5.74, 6) is -1.57. The number of aliphatic carboxylic acids is 1. The third kappa shape index (κ3) is 15.8. The van der Waals surface area contributed by atoms with E-state index in [2.05, 4.69) is 19.1 Å². The molecule has 6 heteroatoms. The van der Waals surface area contributed by atoms with Gasteiger partial charge in [-0.1, -0.05) is 37.6 Å². The SMILES string of the molecule is CCC/C=C/CC/C=C/CC(O)CC(=O)OC(CC(=O)O)C[N+](C)(C)C. The summed E-state index contributed by atoms with van der Waals surface area (Å²) in [4.78, 5) is 22.9. The quantitative estimate of drug-likeness (QED) is 0.213. The molecule has 2 N–H and O–H groups in total. The van der Waals surface area contributed by atoms with E-state index in [-0.39, 0.29) is 12.8 Å². The maximum absolute atomic E-state index is 12.0. The van der Waals surface area contributed by atoms with Crippen molar-refractivity contribution in [3.63, 3.8) is 0 Å². The van der Waals surface area contributed by atoms with Gasteiger partial charge in [-0.2, -0.15) is 0 Å². The highest BCUT2D eigenvalue weighted by molar-refractivity contribution is 5.72. The van der Waals surface area contributed by atoms with Crippen molar-refractivity contribution in [2.45, 2.75) is 64.1 Å². The topological polar surface area (TPSA) is 83.8 Å². The van der Waals surface area contributed by atoms with Crippen molar-refractivity contribution in [2.75, 3.05) is 27.7 Å². The van der Waals surface area contributed by atoms with E-state index in [1.54, 1.807) is 0 Å². The van der Waals surface area contributed by atoms with Crippen molar-refractivity contribution in [3.05, 3.63) is 24.3 Å². The molecule has 0 saturated carbocycles. The Morgan fingerprint density at radius 3 is 2.12 bits per heavy atom. The van der Waals surface area contributed by atoms with Crippen LogP contribution in [-0.4, -0.2) is 66.5 Å². The molecule has 2 unspecified atom stereocenters. The maximum Gasteiger partial charge on any atom is 0.308 e. The van der Waals surface area contributed by atoms with E-state index in [1.807, 2.05) is 33.3 Å². The zero-order valence-corrected chi connectivity index (χ0v) is 16.7. The lowest BCUT2D eigenvalue weighted by molar-refractivity contribution is -0.873.